The van der Waals surface area contributed by atoms with Gasteiger partial charge in [-0.15, -0.1) is 0 Å². The predicted octanol–water partition coefficient (Wildman–Crippen LogP) is 2.82. The van der Waals surface area contributed by atoms with Crippen molar-refractivity contribution in [3.63, 3.8) is 0 Å². The highest BCUT2D eigenvalue weighted by Gasteiger charge is 2.48. The maximum absolute atomic E-state index is 6.55. The molecular formula is C16H26N2O. The fraction of sp³-hybridized carbons (Fsp3) is 0.625. The van der Waals surface area contributed by atoms with E-state index in [1.165, 1.54) is 18.4 Å². The van der Waals surface area contributed by atoms with E-state index in [0.29, 0.717) is 5.92 Å². The zero-order valence-corrected chi connectivity index (χ0v) is 12.5. The van der Waals surface area contributed by atoms with Gasteiger partial charge in [-0.3, -0.25) is 0 Å². The molecule has 19 heavy (non-hydrogen) atoms. The smallest absolute Gasteiger partial charge is 0.123 e. The van der Waals surface area contributed by atoms with Crippen molar-refractivity contribution >= 4 is 0 Å². The molecule has 0 heterocycles. The molecule has 0 aromatic heterocycles. The molecule has 1 unspecified atom stereocenters. The Morgan fingerprint density at radius 3 is 2.53 bits per heavy atom. The van der Waals surface area contributed by atoms with Crippen LogP contribution in [0.3, 0.4) is 0 Å². The molecule has 1 aromatic rings. The number of methoxy groups -OCH3 is 1. The van der Waals surface area contributed by atoms with E-state index in [9.17, 15) is 0 Å². The number of hydrogen-bond donors (Lipinski definition) is 2. The van der Waals surface area contributed by atoms with Gasteiger partial charge in [-0.1, -0.05) is 26.0 Å². The molecule has 1 aliphatic rings. The Hall–Kier alpha value is -1.06. The summed E-state index contributed by atoms with van der Waals surface area (Å²) in [6.07, 6.45) is 2.40. The largest absolute Gasteiger partial charge is 0.496 e. The van der Waals surface area contributed by atoms with Gasteiger partial charge in [0.2, 0.25) is 0 Å². The number of rotatable bonds is 6. The van der Waals surface area contributed by atoms with E-state index < -0.39 is 0 Å². The molecule has 1 aromatic carbocycles. The van der Waals surface area contributed by atoms with E-state index in [4.69, 9.17) is 10.5 Å². The second-order valence-corrected chi connectivity index (χ2v) is 6.03. The van der Waals surface area contributed by atoms with Gasteiger partial charge >= 0.3 is 0 Å². The molecule has 0 amide bonds. The highest BCUT2D eigenvalue weighted by atomic mass is 16.5. The number of benzene rings is 1. The number of hydrogen-bond acceptors (Lipinski definition) is 3. The average molecular weight is 262 g/mol. The lowest BCUT2D eigenvalue weighted by Crippen LogP contribution is -2.31. The molecule has 3 heteroatoms. The van der Waals surface area contributed by atoms with E-state index in [1.807, 2.05) is 7.05 Å². The van der Waals surface area contributed by atoms with Crippen molar-refractivity contribution in [1.29, 1.82) is 0 Å². The van der Waals surface area contributed by atoms with Crippen molar-refractivity contribution in [3.05, 3.63) is 29.3 Å². The van der Waals surface area contributed by atoms with Crippen LogP contribution < -0.4 is 15.8 Å². The van der Waals surface area contributed by atoms with Crippen LogP contribution in [-0.4, -0.2) is 20.7 Å². The molecule has 0 bridgehead atoms. The van der Waals surface area contributed by atoms with Crippen LogP contribution in [0.25, 0.3) is 0 Å². The summed E-state index contributed by atoms with van der Waals surface area (Å²) in [7, 11) is 3.72. The minimum atomic E-state index is 0.0496. The predicted molar refractivity (Wildman–Crippen MR) is 79.6 cm³/mol. The van der Waals surface area contributed by atoms with Gasteiger partial charge in [-0.25, -0.2) is 0 Å². The van der Waals surface area contributed by atoms with E-state index in [2.05, 4.69) is 37.4 Å². The van der Waals surface area contributed by atoms with Gasteiger partial charge in [0.05, 0.1) is 7.11 Å². The maximum atomic E-state index is 6.55. The molecule has 1 fully saturated rings. The molecule has 2 rings (SSSR count). The fourth-order valence-corrected chi connectivity index (χ4v) is 2.80. The second-order valence-electron chi connectivity index (χ2n) is 6.03. The van der Waals surface area contributed by atoms with Crippen molar-refractivity contribution in [2.45, 2.75) is 38.6 Å². The van der Waals surface area contributed by atoms with Gasteiger partial charge in [0, 0.05) is 23.6 Å². The van der Waals surface area contributed by atoms with Gasteiger partial charge in [0.1, 0.15) is 5.75 Å². The molecule has 1 saturated carbocycles. The lowest BCUT2D eigenvalue weighted by Gasteiger charge is -2.26. The molecule has 1 aliphatic carbocycles. The Labute approximate surface area is 116 Å². The molecule has 0 saturated heterocycles. The summed E-state index contributed by atoms with van der Waals surface area (Å²) in [5, 5.41) is 3.28. The number of nitrogens with two attached hydrogens (primary N) is 1. The van der Waals surface area contributed by atoms with Crippen LogP contribution in [0.5, 0.6) is 5.75 Å². The average Bonchev–Trinajstić information content (AvgIpc) is 3.18. The monoisotopic (exact) mass is 262 g/mol. The summed E-state index contributed by atoms with van der Waals surface area (Å²) in [5.41, 5.74) is 9.25. The third-order valence-corrected chi connectivity index (χ3v) is 4.34. The van der Waals surface area contributed by atoms with Crippen LogP contribution in [0.15, 0.2) is 18.2 Å². The van der Waals surface area contributed by atoms with Crippen molar-refractivity contribution < 1.29 is 4.74 Å². The maximum Gasteiger partial charge on any atom is 0.123 e. The Bertz CT molecular complexity index is 438. The first-order chi connectivity index (χ1) is 9.04. The lowest BCUT2D eigenvalue weighted by molar-refractivity contribution is 0.363. The van der Waals surface area contributed by atoms with Gasteiger partial charge in [-0.2, -0.15) is 0 Å². The Morgan fingerprint density at radius 1 is 1.37 bits per heavy atom. The third kappa shape index (κ3) is 2.77. The van der Waals surface area contributed by atoms with Crippen LogP contribution in [0.4, 0.5) is 0 Å². The summed E-state index contributed by atoms with van der Waals surface area (Å²) in [6.45, 7) is 5.39. The first-order valence-electron chi connectivity index (χ1n) is 7.12. The van der Waals surface area contributed by atoms with E-state index in [-0.39, 0.29) is 11.5 Å². The highest BCUT2D eigenvalue weighted by molar-refractivity contribution is 5.42. The van der Waals surface area contributed by atoms with Crippen LogP contribution in [0, 0.1) is 5.41 Å². The van der Waals surface area contributed by atoms with Crippen molar-refractivity contribution in [2.75, 3.05) is 20.7 Å². The van der Waals surface area contributed by atoms with E-state index in [1.54, 1.807) is 7.11 Å². The second kappa shape index (κ2) is 5.51. The minimum Gasteiger partial charge on any atom is -0.496 e. The minimum absolute atomic E-state index is 0.0496. The Balaban J connectivity index is 2.34. The standard InChI is InChI=1S/C16H26N2O/c1-11(2)12-5-6-14(19-4)13(9-12)15(17)16(7-8-16)10-18-3/h5-6,9,11,15,18H,7-8,10,17H2,1-4H3. The first kappa shape index (κ1) is 14.4. The van der Waals surface area contributed by atoms with Crippen molar-refractivity contribution in [2.24, 2.45) is 11.1 Å². The van der Waals surface area contributed by atoms with E-state index >= 15 is 0 Å². The van der Waals surface area contributed by atoms with E-state index in [0.717, 1.165) is 17.9 Å². The topological polar surface area (TPSA) is 47.3 Å². The molecule has 1 atom stereocenters. The normalized spacial score (nSPS) is 18.4. The molecule has 0 spiro atoms. The van der Waals surface area contributed by atoms with Gasteiger partial charge in [-0.05, 0) is 37.4 Å². The molecule has 3 nitrogen and oxygen atoms in total. The molecule has 0 radical (unpaired) electrons. The van der Waals surface area contributed by atoms with Crippen molar-refractivity contribution in [3.8, 4) is 5.75 Å². The number of nitrogens with one attached hydrogen (secondary N) is 1. The molecule has 3 N–H and O–H groups in total. The van der Waals surface area contributed by atoms with Crippen LogP contribution >= 0.6 is 0 Å². The number of ether oxygens (including phenoxy) is 1. The quantitative estimate of drug-likeness (QED) is 0.828. The first-order valence-corrected chi connectivity index (χ1v) is 7.12. The summed E-state index contributed by atoms with van der Waals surface area (Å²) in [5.74, 6) is 1.43. The van der Waals surface area contributed by atoms with Crippen LogP contribution in [0.1, 0.15) is 49.8 Å². The highest BCUT2D eigenvalue weighted by Crippen LogP contribution is 2.54. The zero-order valence-electron chi connectivity index (χ0n) is 12.5. The SMILES string of the molecule is CNCC1(C(N)c2cc(C(C)C)ccc2OC)CC1. The fourth-order valence-electron chi connectivity index (χ4n) is 2.80. The Kier molecular flexibility index (Phi) is 4.16. The van der Waals surface area contributed by atoms with Crippen molar-refractivity contribution in [1.82, 2.24) is 5.32 Å². The molecule has 0 aliphatic heterocycles. The molecule has 106 valence electrons. The molecular weight excluding hydrogens is 236 g/mol. The van der Waals surface area contributed by atoms with Crippen LogP contribution in [-0.2, 0) is 0 Å². The van der Waals surface area contributed by atoms with Gasteiger partial charge in [0.15, 0.2) is 0 Å². The lowest BCUT2D eigenvalue weighted by atomic mass is 9.88. The third-order valence-electron chi connectivity index (χ3n) is 4.34. The summed E-state index contributed by atoms with van der Waals surface area (Å²) in [6, 6.07) is 6.47. The Morgan fingerprint density at radius 2 is 2.05 bits per heavy atom. The summed E-state index contributed by atoms with van der Waals surface area (Å²) >= 11 is 0. The van der Waals surface area contributed by atoms with Crippen LogP contribution in [0.2, 0.25) is 0 Å². The zero-order chi connectivity index (χ0) is 14.0. The summed E-state index contributed by atoms with van der Waals surface area (Å²) < 4.78 is 5.50. The van der Waals surface area contributed by atoms with Gasteiger partial charge in [0.25, 0.3) is 0 Å². The summed E-state index contributed by atoms with van der Waals surface area (Å²) in [4.78, 5) is 0. The van der Waals surface area contributed by atoms with Gasteiger partial charge < -0.3 is 15.8 Å².